The van der Waals surface area contributed by atoms with Crippen molar-refractivity contribution in [3.8, 4) is 0 Å². The first kappa shape index (κ1) is 14.5. The number of hydrogen-bond acceptors (Lipinski definition) is 4. The molecule has 0 aliphatic heterocycles. The number of halogens is 6. The molecular formula is C3H2Cl3F3O4S. The molecular weight excluding hydrogens is 295 g/mol. The average molecular weight is 297 g/mol. The summed E-state index contributed by atoms with van der Waals surface area (Å²) < 4.78 is 59.6. The van der Waals surface area contributed by atoms with Crippen molar-refractivity contribution in [2.24, 2.45) is 0 Å². The summed E-state index contributed by atoms with van der Waals surface area (Å²) in [5.41, 5.74) is 0. The zero-order valence-electron chi connectivity index (χ0n) is 6.02. The Labute approximate surface area is 92.1 Å². The first-order valence-corrected chi connectivity index (χ1v) is 5.11. The van der Waals surface area contributed by atoms with Crippen LogP contribution in [0.1, 0.15) is 0 Å². The maximum atomic E-state index is 11.5. The molecule has 4 nitrogen and oxygen atoms in total. The van der Waals surface area contributed by atoms with E-state index in [1.165, 1.54) is 0 Å². The molecule has 11 heteroatoms. The van der Waals surface area contributed by atoms with E-state index in [1.54, 1.807) is 0 Å². The minimum absolute atomic E-state index is 2.06. The van der Waals surface area contributed by atoms with E-state index >= 15 is 0 Å². The van der Waals surface area contributed by atoms with Crippen LogP contribution in [0.5, 0.6) is 0 Å². The zero-order chi connectivity index (χ0) is 11.6. The minimum Gasteiger partial charge on any atom is -0.238 e. The Kier molecular flexibility index (Phi) is 4.76. The lowest BCUT2D eigenvalue weighted by atomic mass is 10.7. The van der Waals surface area contributed by atoms with Gasteiger partial charge in [-0.3, -0.25) is 0 Å². The molecule has 0 bridgehead atoms. The highest BCUT2D eigenvalue weighted by Gasteiger charge is 2.35. The Morgan fingerprint density at radius 2 is 1.57 bits per heavy atom. The highest BCUT2D eigenvalue weighted by Crippen LogP contribution is 2.30. The van der Waals surface area contributed by atoms with E-state index in [2.05, 4.69) is 8.37 Å². The van der Waals surface area contributed by atoms with Gasteiger partial charge in [0.05, 0.1) is 0 Å². The molecule has 0 fully saturated rings. The second-order valence-electron chi connectivity index (χ2n) is 1.81. The van der Waals surface area contributed by atoms with Crippen molar-refractivity contribution >= 4 is 45.2 Å². The fourth-order valence-electron chi connectivity index (χ4n) is 0.279. The first-order chi connectivity index (χ1) is 5.91. The first-order valence-electron chi connectivity index (χ1n) is 2.65. The fraction of sp³-hybridized carbons (Fsp3) is 1.00. The average Bonchev–Trinajstić information content (AvgIpc) is 1.76. The zero-order valence-corrected chi connectivity index (χ0v) is 9.10. The van der Waals surface area contributed by atoms with Gasteiger partial charge in [0.1, 0.15) is 0 Å². The summed E-state index contributed by atoms with van der Waals surface area (Å²) in [5.74, 6) is 0. The molecule has 0 N–H and O–H groups in total. The van der Waals surface area contributed by atoms with E-state index in [0.29, 0.717) is 0 Å². The summed E-state index contributed by atoms with van der Waals surface area (Å²) in [7, 11) is -4.99. The molecule has 0 atom stereocenters. The third-order valence-corrected chi connectivity index (χ3v) is 1.93. The molecule has 0 heterocycles. The molecule has 0 spiro atoms. The van der Waals surface area contributed by atoms with Gasteiger partial charge in [0.25, 0.3) is 0 Å². The van der Waals surface area contributed by atoms with E-state index in [0.717, 1.165) is 0 Å². The summed E-state index contributed by atoms with van der Waals surface area (Å²) in [6.45, 7) is -2.06. The maximum Gasteiger partial charge on any atom is 0.413 e. The van der Waals surface area contributed by atoms with E-state index in [1.807, 2.05) is 0 Å². The maximum absolute atomic E-state index is 11.5. The van der Waals surface area contributed by atoms with Crippen LogP contribution in [0.4, 0.5) is 13.2 Å². The SMILES string of the molecule is O=S(=O)(OCC(F)(F)F)OC(Cl)(Cl)Cl. The van der Waals surface area contributed by atoms with Crippen LogP contribution < -0.4 is 0 Å². The van der Waals surface area contributed by atoms with Crippen molar-refractivity contribution in [2.45, 2.75) is 10.2 Å². The molecule has 0 aliphatic rings. The molecule has 0 saturated carbocycles. The quantitative estimate of drug-likeness (QED) is 0.749. The largest absolute Gasteiger partial charge is 0.413 e. The normalized spacial score (nSPS) is 14.4. The Morgan fingerprint density at radius 3 is 1.86 bits per heavy atom. The van der Waals surface area contributed by atoms with Gasteiger partial charge < -0.3 is 0 Å². The number of alkyl halides is 6. The molecule has 0 aromatic heterocycles. The van der Waals surface area contributed by atoms with E-state index < -0.39 is 27.2 Å². The van der Waals surface area contributed by atoms with Gasteiger partial charge in [-0.15, -0.1) is 0 Å². The summed E-state index contributed by atoms with van der Waals surface area (Å²) in [4.78, 5) is 0. The Balaban J connectivity index is 4.25. The van der Waals surface area contributed by atoms with E-state index in [9.17, 15) is 21.6 Å². The van der Waals surface area contributed by atoms with Crippen LogP contribution in [0.2, 0.25) is 0 Å². The third-order valence-electron chi connectivity index (χ3n) is 0.563. The van der Waals surface area contributed by atoms with Gasteiger partial charge in [-0.2, -0.15) is 25.8 Å². The van der Waals surface area contributed by atoms with Gasteiger partial charge in [-0.1, -0.05) is 34.8 Å². The van der Waals surface area contributed by atoms with Gasteiger partial charge in [0.2, 0.25) is 0 Å². The summed E-state index contributed by atoms with van der Waals surface area (Å²) >= 11 is 14.5. The van der Waals surface area contributed by atoms with E-state index in [4.69, 9.17) is 34.8 Å². The van der Waals surface area contributed by atoms with Crippen LogP contribution in [-0.4, -0.2) is 25.2 Å². The molecule has 0 rings (SSSR count). The standard InChI is InChI=1S/C3H2Cl3F3O4S/c4-3(5,6)13-14(10,11)12-1-2(7,8)9/h1H2. The molecule has 0 aliphatic carbocycles. The predicted octanol–water partition coefficient (Wildman–Crippen LogP) is 2.15. The smallest absolute Gasteiger partial charge is 0.238 e. The Hall–Kier alpha value is 0.530. The highest BCUT2D eigenvalue weighted by atomic mass is 35.6. The van der Waals surface area contributed by atoms with Crippen LogP contribution in [0.3, 0.4) is 0 Å². The molecule has 0 unspecified atom stereocenters. The lowest BCUT2D eigenvalue weighted by Gasteiger charge is -2.12. The van der Waals surface area contributed by atoms with Crippen molar-refractivity contribution in [2.75, 3.05) is 6.61 Å². The second kappa shape index (κ2) is 4.58. The van der Waals surface area contributed by atoms with Crippen LogP contribution >= 0.6 is 34.8 Å². The highest BCUT2D eigenvalue weighted by molar-refractivity contribution is 7.82. The van der Waals surface area contributed by atoms with Crippen LogP contribution in [0.25, 0.3) is 0 Å². The molecule has 86 valence electrons. The third kappa shape index (κ3) is 9.10. The van der Waals surface area contributed by atoms with Gasteiger partial charge in [-0.05, 0) is 0 Å². The topological polar surface area (TPSA) is 52.6 Å². The van der Waals surface area contributed by atoms with E-state index in [-0.39, 0.29) is 0 Å². The molecule has 0 amide bonds. The molecule has 0 saturated heterocycles. The summed E-state index contributed by atoms with van der Waals surface area (Å²) in [5, 5.41) is 0. The number of rotatable bonds is 3. The van der Waals surface area contributed by atoms with Crippen molar-refractivity contribution in [1.29, 1.82) is 0 Å². The Morgan fingerprint density at radius 1 is 1.14 bits per heavy atom. The van der Waals surface area contributed by atoms with Crippen molar-refractivity contribution < 1.29 is 30.0 Å². The van der Waals surface area contributed by atoms with Crippen molar-refractivity contribution in [3.63, 3.8) is 0 Å². The fourth-order valence-corrected chi connectivity index (χ4v) is 1.53. The molecule has 14 heavy (non-hydrogen) atoms. The van der Waals surface area contributed by atoms with Gasteiger partial charge in [-0.25, -0.2) is 4.18 Å². The van der Waals surface area contributed by atoms with Gasteiger partial charge in [0.15, 0.2) is 6.61 Å². The second-order valence-corrected chi connectivity index (χ2v) is 5.21. The van der Waals surface area contributed by atoms with Gasteiger partial charge >= 0.3 is 20.6 Å². The molecule has 0 aromatic rings. The van der Waals surface area contributed by atoms with Crippen molar-refractivity contribution in [1.82, 2.24) is 0 Å². The lowest BCUT2D eigenvalue weighted by Crippen LogP contribution is -2.25. The predicted molar refractivity (Wildman–Crippen MR) is 42.3 cm³/mol. The molecule has 0 radical (unpaired) electrons. The van der Waals surface area contributed by atoms with Crippen LogP contribution in [0, 0.1) is 0 Å². The molecule has 0 aromatic carbocycles. The monoisotopic (exact) mass is 296 g/mol. The minimum atomic E-state index is -4.99. The summed E-state index contributed by atoms with van der Waals surface area (Å²) in [6, 6.07) is 0. The van der Waals surface area contributed by atoms with Crippen LogP contribution in [0.15, 0.2) is 0 Å². The lowest BCUT2D eigenvalue weighted by molar-refractivity contribution is -0.154. The summed E-state index contributed by atoms with van der Waals surface area (Å²) in [6.07, 6.45) is -4.83. The number of hydrogen-bond donors (Lipinski definition) is 0. The van der Waals surface area contributed by atoms with Crippen molar-refractivity contribution in [3.05, 3.63) is 0 Å². The van der Waals surface area contributed by atoms with Crippen LogP contribution in [-0.2, 0) is 18.8 Å². The van der Waals surface area contributed by atoms with Gasteiger partial charge in [0, 0.05) is 0 Å². The Bertz CT molecular complexity index is 280.